The Kier molecular flexibility index (Phi) is 2.54. The monoisotopic (exact) mass is 207 g/mol. The number of rotatable bonds is 2. The minimum Gasteiger partial charge on any atom is -0.382 e. The highest BCUT2D eigenvalue weighted by Gasteiger charge is 2.45. The van der Waals surface area contributed by atoms with Crippen molar-refractivity contribution >= 4 is 11.8 Å². The highest BCUT2D eigenvalue weighted by molar-refractivity contribution is 5.78. The van der Waals surface area contributed by atoms with Gasteiger partial charge in [-0.3, -0.25) is 0 Å². The first-order valence-electron chi connectivity index (χ1n) is 3.27. The van der Waals surface area contributed by atoms with E-state index < -0.39 is 17.6 Å². The zero-order valence-corrected chi connectivity index (χ0v) is 6.58. The Morgan fingerprint density at radius 3 is 2.50 bits per heavy atom. The summed E-state index contributed by atoms with van der Waals surface area (Å²) in [5.41, 5.74) is 4.04. The molecule has 0 aliphatic heterocycles. The molecule has 5 nitrogen and oxygen atoms in total. The van der Waals surface area contributed by atoms with E-state index >= 15 is 0 Å². The highest BCUT2D eigenvalue weighted by atomic mass is 19.3. The van der Waals surface area contributed by atoms with Crippen molar-refractivity contribution in [3.05, 3.63) is 18.1 Å². The summed E-state index contributed by atoms with van der Waals surface area (Å²) >= 11 is 0. The number of nitrogens with two attached hydrogens (primary N) is 1. The Hall–Kier alpha value is -1.86. The fraction of sp³-hybridized carbons (Fsp3) is 0.167. The standard InChI is InChI=1S/C6H4F3N3O2/c7-6(8,5(13)14-9)3-1-12-4(10)2-11-3/h1-2H,(H2,10,12). The molecule has 0 atom stereocenters. The van der Waals surface area contributed by atoms with E-state index in [1.165, 1.54) is 0 Å². The quantitative estimate of drug-likeness (QED) is 0.767. The van der Waals surface area contributed by atoms with Crippen LogP contribution in [-0.4, -0.2) is 15.9 Å². The van der Waals surface area contributed by atoms with Gasteiger partial charge < -0.3 is 5.73 Å². The summed E-state index contributed by atoms with van der Waals surface area (Å²) in [7, 11) is 0. The van der Waals surface area contributed by atoms with Crippen LogP contribution in [0.5, 0.6) is 0 Å². The lowest BCUT2D eigenvalue weighted by molar-refractivity contribution is -0.213. The SMILES string of the molecule is Nc1cnc(C(F)(F)C(=O)OF)cn1. The second-order valence-electron chi connectivity index (χ2n) is 2.27. The van der Waals surface area contributed by atoms with Gasteiger partial charge in [0.25, 0.3) is 0 Å². The van der Waals surface area contributed by atoms with Gasteiger partial charge in [0.1, 0.15) is 11.5 Å². The lowest BCUT2D eigenvalue weighted by Crippen LogP contribution is -2.27. The molecule has 8 heteroatoms. The number of aromatic nitrogens is 2. The van der Waals surface area contributed by atoms with E-state index in [1.807, 2.05) is 0 Å². The second kappa shape index (κ2) is 3.48. The Labute approximate surface area is 75.6 Å². The van der Waals surface area contributed by atoms with E-state index in [2.05, 4.69) is 14.9 Å². The van der Waals surface area contributed by atoms with Crippen molar-refractivity contribution in [1.29, 1.82) is 0 Å². The van der Waals surface area contributed by atoms with E-state index in [9.17, 15) is 18.1 Å². The predicted molar refractivity (Wildman–Crippen MR) is 37.5 cm³/mol. The predicted octanol–water partition coefficient (Wildman–Crippen LogP) is 0.578. The van der Waals surface area contributed by atoms with Crippen LogP contribution >= 0.6 is 0 Å². The number of halogens is 3. The van der Waals surface area contributed by atoms with Crippen molar-refractivity contribution in [1.82, 2.24) is 9.97 Å². The van der Waals surface area contributed by atoms with E-state index in [1.54, 1.807) is 0 Å². The molecule has 0 fully saturated rings. The number of nitrogens with zero attached hydrogens (tertiary/aromatic N) is 2. The molecule has 1 rings (SSSR count). The molecule has 1 aromatic heterocycles. The molecule has 0 amide bonds. The first-order valence-corrected chi connectivity index (χ1v) is 3.27. The van der Waals surface area contributed by atoms with Gasteiger partial charge in [0, 0.05) is 4.53 Å². The van der Waals surface area contributed by atoms with Crippen LogP contribution in [0.1, 0.15) is 5.69 Å². The number of nitrogen functional groups attached to an aromatic ring is 1. The van der Waals surface area contributed by atoms with Gasteiger partial charge in [-0.25, -0.2) is 19.7 Å². The van der Waals surface area contributed by atoms with Gasteiger partial charge >= 0.3 is 11.9 Å². The van der Waals surface area contributed by atoms with Crippen molar-refractivity contribution in [3.63, 3.8) is 0 Å². The smallest absolute Gasteiger partial charge is 0.382 e. The Balaban J connectivity index is 3.03. The zero-order chi connectivity index (χ0) is 10.8. The summed E-state index contributed by atoms with van der Waals surface area (Å²) in [5, 5.41) is 0. The van der Waals surface area contributed by atoms with Crippen LogP contribution in [0.3, 0.4) is 0 Å². The maximum Gasteiger partial charge on any atom is 0.424 e. The average Bonchev–Trinajstić information content (AvgIpc) is 2.17. The molecule has 2 N–H and O–H groups in total. The van der Waals surface area contributed by atoms with Gasteiger partial charge in [0.05, 0.1) is 12.4 Å². The zero-order valence-electron chi connectivity index (χ0n) is 6.58. The highest BCUT2D eigenvalue weighted by Crippen LogP contribution is 2.27. The van der Waals surface area contributed by atoms with Crippen molar-refractivity contribution in [3.8, 4) is 0 Å². The molecule has 14 heavy (non-hydrogen) atoms. The number of carbonyl (C=O) groups is 1. The van der Waals surface area contributed by atoms with Crippen LogP contribution < -0.4 is 5.73 Å². The molecule has 76 valence electrons. The molecule has 0 aliphatic carbocycles. The summed E-state index contributed by atoms with van der Waals surface area (Å²) < 4.78 is 36.9. The van der Waals surface area contributed by atoms with E-state index in [-0.39, 0.29) is 5.82 Å². The second-order valence-corrected chi connectivity index (χ2v) is 2.27. The molecule has 0 saturated carbocycles. The number of hydrogen-bond donors (Lipinski definition) is 1. The van der Waals surface area contributed by atoms with Crippen LogP contribution in [0.4, 0.5) is 19.1 Å². The van der Waals surface area contributed by atoms with Crippen LogP contribution in [0.15, 0.2) is 12.4 Å². The number of alkyl halides is 2. The number of carbonyl (C=O) groups excluding carboxylic acids is 1. The molecule has 0 spiro atoms. The molecule has 0 unspecified atom stereocenters. The van der Waals surface area contributed by atoms with E-state index in [0.717, 1.165) is 6.20 Å². The molecular weight excluding hydrogens is 203 g/mol. The van der Waals surface area contributed by atoms with Crippen LogP contribution in [-0.2, 0) is 15.7 Å². The third-order valence-corrected chi connectivity index (χ3v) is 1.32. The van der Waals surface area contributed by atoms with Crippen LogP contribution in [0, 0.1) is 0 Å². The van der Waals surface area contributed by atoms with Gasteiger partial charge in [-0.1, -0.05) is 0 Å². The van der Waals surface area contributed by atoms with Gasteiger partial charge in [-0.15, -0.1) is 0 Å². The molecule has 0 bridgehead atoms. The number of hydrogen-bond acceptors (Lipinski definition) is 5. The summed E-state index contributed by atoms with van der Waals surface area (Å²) in [6, 6.07) is 0. The van der Waals surface area contributed by atoms with Crippen LogP contribution in [0.2, 0.25) is 0 Å². The molecule has 1 aromatic rings. The van der Waals surface area contributed by atoms with Crippen molar-refractivity contribution < 1.29 is 23.0 Å². The lowest BCUT2D eigenvalue weighted by atomic mass is 10.2. The molecule has 0 aliphatic rings. The van der Waals surface area contributed by atoms with E-state index in [0.29, 0.717) is 6.20 Å². The lowest BCUT2D eigenvalue weighted by Gasteiger charge is -2.09. The topological polar surface area (TPSA) is 78.1 Å². The Morgan fingerprint density at radius 2 is 2.07 bits per heavy atom. The summed E-state index contributed by atoms with van der Waals surface area (Å²) in [6.45, 7) is 0. The first-order chi connectivity index (χ1) is 6.48. The summed E-state index contributed by atoms with van der Waals surface area (Å²) in [6.07, 6.45) is 1.38. The first kappa shape index (κ1) is 10.2. The van der Waals surface area contributed by atoms with Crippen molar-refractivity contribution in [2.45, 2.75) is 5.92 Å². The molecule has 1 heterocycles. The van der Waals surface area contributed by atoms with Gasteiger partial charge in [0.2, 0.25) is 0 Å². The third-order valence-electron chi connectivity index (χ3n) is 1.32. The minimum atomic E-state index is -4.17. The van der Waals surface area contributed by atoms with Gasteiger partial charge in [0.15, 0.2) is 0 Å². The maximum absolute atomic E-state index is 12.8. The molecule has 0 saturated heterocycles. The van der Waals surface area contributed by atoms with Gasteiger partial charge in [-0.2, -0.15) is 8.78 Å². The number of anilines is 1. The molecular formula is C6H4F3N3O2. The fourth-order valence-corrected chi connectivity index (χ4v) is 0.653. The maximum atomic E-state index is 12.8. The fourth-order valence-electron chi connectivity index (χ4n) is 0.653. The Bertz CT molecular complexity index is 341. The van der Waals surface area contributed by atoms with E-state index in [4.69, 9.17) is 5.73 Å². The van der Waals surface area contributed by atoms with Crippen molar-refractivity contribution in [2.75, 3.05) is 5.73 Å². The largest absolute Gasteiger partial charge is 0.424 e. The summed E-state index contributed by atoms with van der Waals surface area (Å²) in [5.74, 6) is -6.62. The minimum absolute atomic E-state index is 0.0989. The average molecular weight is 207 g/mol. The normalized spacial score (nSPS) is 11.1. The summed E-state index contributed by atoms with van der Waals surface area (Å²) in [4.78, 5) is 19.1. The Morgan fingerprint density at radius 1 is 1.43 bits per heavy atom. The molecule has 0 radical (unpaired) electrons. The van der Waals surface area contributed by atoms with Crippen molar-refractivity contribution in [2.24, 2.45) is 0 Å². The molecule has 0 aromatic carbocycles. The third kappa shape index (κ3) is 1.73. The van der Waals surface area contributed by atoms with Crippen LogP contribution in [0.25, 0.3) is 0 Å². The van der Waals surface area contributed by atoms with Gasteiger partial charge in [-0.05, 0) is 0 Å².